The van der Waals surface area contributed by atoms with E-state index >= 15 is 0 Å². The van der Waals surface area contributed by atoms with E-state index in [1.165, 1.54) is 32.7 Å². The maximum Gasteiger partial charge on any atom is 0.326 e. The van der Waals surface area contributed by atoms with Gasteiger partial charge in [-0.25, -0.2) is 0 Å². The first-order chi connectivity index (χ1) is 8.24. The van der Waals surface area contributed by atoms with Crippen LogP contribution in [0.4, 0.5) is 5.95 Å². The normalized spacial score (nSPS) is 17.3. The van der Waals surface area contributed by atoms with Crippen molar-refractivity contribution in [2.24, 2.45) is 0 Å². The lowest BCUT2D eigenvalue weighted by atomic mass is 10.3. The van der Waals surface area contributed by atoms with Crippen LogP contribution in [0.3, 0.4) is 0 Å². The van der Waals surface area contributed by atoms with E-state index in [-0.39, 0.29) is 0 Å². The third-order valence-corrected chi connectivity index (χ3v) is 3.23. The van der Waals surface area contributed by atoms with E-state index in [0.717, 1.165) is 23.9 Å². The van der Waals surface area contributed by atoms with Crippen molar-refractivity contribution in [2.75, 3.05) is 39.3 Å². The van der Waals surface area contributed by atoms with E-state index in [9.17, 15) is 0 Å². The summed E-state index contributed by atoms with van der Waals surface area (Å²) in [6, 6.07) is 2.02. The fourth-order valence-electron chi connectivity index (χ4n) is 2.38. The average molecular weight is 238 g/mol. The van der Waals surface area contributed by atoms with Crippen LogP contribution in [0.5, 0.6) is 0 Å². The molecule has 2 heterocycles. The Morgan fingerprint density at radius 3 is 2.53 bits per heavy atom. The van der Waals surface area contributed by atoms with Gasteiger partial charge in [0, 0.05) is 11.4 Å². The van der Waals surface area contributed by atoms with Gasteiger partial charge in [0.05, 0.1) is 0 Å². The molecule has 1 aromatic heterocycles. The fourth-order valence-corrected chi connectivity index (χ4v) is 2.38. The van der Waals surface area contributed by atoms with Gasteiger partial charge in [0.2, 0.25) is 0 Å². The highest BCUT2D eigenvalue weighted by molar-refractivity contribution is 5.13. The second kappa shape index (κ2) is 6.05. The first kappa shape index (κ1) is 12.4. The summed E-state index contributed by atoms with van der Waals surface area (Å²) in [5, 5.41) is 4.57. The molecule has 5 heteroatoms. The van der Waals surface area contributed by atoms with Crippen LogP contribution in [0.25, 0.3) is 0 Å². The van der Waals surface area contributed by atoms with E-state index in [1.54, 1.807) is 4.90 Å². The molecule has 0 aromatic carbocycles. The lowest BCUT2D eigenvalue weighted by Gasteiger charge is -2.21. The zero-order valence-electron chi connectivity index (χ0n) is 10.9. The third kappa shape index (κ3) is 4.03. The maximum absolute atomic E-state index is 4.43. The molecule has 5 nitrogen and oxygen atoms in total. The minimum atomic E-state index is 0.894. The second-order valence-electron chi connectivity index (χ2n) is 4.87. The molecule has 0 radical (unpaired) electrons. The SMILES string of the molecule is Cc1cc(C)nc([NH2+]CC[NH+]2CC[NH2+]CC2)n1. The van der Waals surface area contributed by atoms with Gasteiger partial charge in [-0.2, -0.15) is 9.97 Å². The molecule has 94 valence electrons. The minimum absolute atomic E-state index is 0.894. The molecule has 0 bridgehead atoms. The van der Waals surface area contributed by atoms with Crippen molar-refractivity contribution >= 4 is 5.95 Å². The van der Waals surface area contributed by atoms with Crippen LogP contribution >= 0.6 is 0 Å². The summed E-state index contributed by atoms with van der Waals surface area (Å²) >= 11 is 0. The number of hydrogen-bond acceptors (Lipinski definition) is 2. The topological polar surface area (TPSA) is 63.4 Å². The van der Waals surface area contributed by atoms with Gasteiger partial charge in [-0.05, 0) is 19.9 Å². The Kier molecular flexibility index (Phi) is 4.42. The highest BCUT2D eigenvalue weighted by Crippen LogP contribution is 1.97. The van der Waals surface area contributed by atoms with Gasteiger partial charge in [0.25, 0.3) is 0 Å². The number of hydrogen-bond donors (Lipinski definition) is 3. The molecular formula is C12H24N5+3. The zero-order chi connectivity index (χ0) is 12.1. The smallest absolute Gasteiger partial charge is 0.326 e. The number of nitrogens with zero attached hydrogens (tertiary/aromatic N) is 2. The molecule has 1 fully saturated rings. The van der Waals surface area contributed by atoms with Crippen molar-refractivity contribution in [3.8, 4) is 0 Å². The van der Waals surface area contributed by atoms with Crippen molar-refractivity contribution in [1.82, 2.24) is 9.97 Å². The fraction of sp³-hybridized carbons (Fsp3) is 0.667. The molecule has 1 aliphatic heterocycles. The van der Waals surface area contributed by atoms with Gasteiger partial charge < -0.3 is 10.2 Å². The van der Waals surface area contributed by atoms with E-state index < -0.39 is 0 Å². The van der Waals surface area contributed by atoms with E-state index in [2.05, 4.69) is 20.6 Å². The number of piperazine rings is 1. The largest absolute Gasteiger partial charge is 0.337 e. The van der Waals surface area contributed by atoms with E-state index in [4.69, 9.17) is 0 Å². The van der Waals surface area contributed by atoms with Crippen LogP contribution < -0.4 is 15.5 Å². The van der Waals surface area contributed by atoms with Crippen molar-refractivity contribution in [1.29, 1.82) is 0 Å². The molecule has 1 aliphatic rings. The van der Waals surface area contributed by atoms with Crippen LogP contribution in [-0.2, 0) is 0 Å². The predicted octanol–water partition coefficient (Wildman–Crippen LogP) is -3.25. The number of quaternary nitrogens is 3. The summed E-state index contributed by atoms with van der Waals surface area (Å²) < 4.78 is 0. The lowest BCUT2D eigenvalue weighted by molar-refractivity contribution is -0.953. The molecule has 5 N–H and O–H groups in total. The highest BCUT2D eigenvalue weighted by atomic mass is 15.2. The van der Waals surface area contributed by atoms with Crippen LogP contribution in [0.2, 0.25) is 0 Å². The standard InChI is InChI=1S/C12H21N5/c1-10-9-11(2)16-12(15-10)14-5-8-17-6-3-13-4-7-17/h9,13H,3-8H2,1-2H3,(H,14,15,16)/p+3. The molecule has 0 saturated carbocycles. The lowest BCUT2D eigenvalue weighted by Crippen LogP contribution is -3.21. The summed E-state index contributed by atoms with van der Waals surface area (Å²) in [5.74, 6) is 0.894. The Labute approximate surface area is 103 Å². The van der Waals surface area contributed by atoms with Crippen molar-refractivity contribution < 1.29 is 15.5 Å². The minimum Gasteiger partial charge on any atom is -0.337 e. The van der Waals surface area contributed by atoms with Crippen molar-refractivity contribution in [3.63, 3.8) is 0 Å². The first-order valence-electron chi connectivity index (χ1n) is 6.55. The van der Waals surface area contributed by atoms with Crippen LogP contribution in [0.15, 0.2) is 6.07 Å². The van der Waals surface area contributed by atoms with Crippen LogP contribution in [0, 0.1) is 13.8 Å². The summed E-state index contributed by atoms with van der Waals surface area (Å²) in [4.78, 5) is 10.6. The molecule has 0 aliphatic carbocycles. The first-order valence-corrected chi connectivity index (χ1v) is 6.55. The number of rotatable bonds is 4. The quantitative estimate of drug-likeness (QED) is 0.516. The van der Waals surface area contributed by atoms with Crippen LogP contribution in [-0.4, -0.2) is 49.2 Å². The van der Waals surface area contributed by atoms with E-state index in [1.807, 2.05) is 19.9 Å². The Morgan fingerprint density at radius 1 is 1.24 bits per heavy atom. The Hall–Kier alpha value is -1.04. The summed E-state index contributed by atoms with van der Waals surface area (Å²) in [6.07, 6.45) is 0. The van der Waals surface area contributed by atoms with E-state index in [0.29, 0.717) is 0 Å². The highest BCUT2D eigenvalue weighted by Gasteiger charge is 2.15. The average Bonchev–Trinajstić information content (AvgIpc) is 2.29. The van der Waals surface area contributed by atoms with Crippen LogP contribution in [0.1, 0.15) is 11.4 Å². The van der Waals surface area contributed by atoms with Crippen molar-refractivity contribution in [3.05, 3.63) is 17.5 Å². The maximum atomic E-state index is 4.43. The molecular weight excluding hydrogens is 214 g/mol. The van der Waals surface area contributed by atoms with Gasteiger partial charge >= 0.3 is 5.95 Å². The van der Waals surface area contributed by atoms with Gasteiger partial charge in [-0.3, -0.25) is 5.32 Å². The molecule has 2 rings (SSSR count). The number of nitrogens with two attached hydrogens (primary N) is 2. The molecule has 0 atom stereocenters. The number of aryl methyl sites for hydroxylation is 2. The summed E-state index contributed by atoms with van der Waals surface area (Å²) in [7, 11) is 0. The number of aromatic nitrogens is 2. The zero-order valence-corrected chi connectivity index (χ0v) is 10.9. The van der Waals surface area contributed by atoms with Gasteiger partial charge in [-0.1, -0.05) is 0 Å². The summed E-state index contributed by atoms with van der Waals surface area (Å²) in [6.45, 7) is 11.5. The summed E-state index contributed by atoms with van der Waals surface area (Å²) in [5.41, 5.74) is 2.12. The molecule has 1 aromatic rings. The predicted molar refractivity (Wildman–Crippen MR) is 65.2 cm³/mol. The van der Waals surface area contributed by atoms with Crippen molar-refractivity contribution in [2.45, 2.75) is 13.8 Å². The second-order valence-corrected chi connectivity index (χ2v) is 4.87. The molecule has 1 saturated heterocycles. The molecule has 0 amide bonds. The molecule has 0 unspecified atom stereocenters. The van der Waals surface area contributed by atoms with Gasteiger partial charge in [0.15, 0.2) is 0 Å². The Bertz CT molecular complexity index is 340. The van der Waals surface area contributed by atoms with Gasteiger partial charge in [0.1, 0.15) is 39.3 Å². The Balaban J connectivity index is 1.77. The molecule has 0 spiro atoms. The number of nitrogens with one attached hydrogen (secondary N) is 1. The monoisotopic (exact) mass is 238 g/mol. The molecule has 17 heavy (non-hydrogen) atoms. The Morgan fingerprint density at radius 2 is 1.88 bits per heavy atom. The third-order valence-electron chi connectivity index (χ3n) is 3.23. The van der Waals surface area contributed by atoms with Gasteiger partial charge in [-0.15, -0.1) is 0 Å².